The molecule has 0 saturated carbocycles. The normalized spacial score (nSPS) is 17.6. The molecule has 0 atom stereocenters. The first-order chi connectivity index (χ1) is 14.5. The first-order valence-electron chi connectivity index (χ1n) is 10.1. The molecule has 1 aliphatic heterocycles. The lowest BCUT2D eigenvalue weighted by Gasteiger charge is -2.23. The molecule has 4 rings (SSSR count). The summed E-state index contributed by atoms with van der Waals surface area (Å²) in [6.07, 6.45) is 5.11. The summed E-state index contributed by atoms with van der Waals surface area (Å²) in [5, 5.41) is 0.671. The first-order valence-corrected chi connectivity index (χ1v) is 10.5. The molecule has 0 spiro atoms. The monoisotopic (exact) mass is 404 g/mol. The van der Waals surface area contributed by atoms with Crippen LogP contribution < -0.4 is 4.74 Å². The smallest absolute Gasteiger partial charge is 0.211 e. The third-order valence-corrected chi connectivity index (χ3v) is 6.13. The minimum atomic E-state index is -3.25. The van der Waals surface area contributed by atoms with Crippen LogP contribution in [0.25, 0.3) is 27.7 Å². The quantitative estimate of drug-likeness (QED) is 0.723. The van der Waals surface area contributed by atoms with E-state index in [1.54, 1.807) is 12.3 Å². The molecule has 28 heavy (non-hydrogen) atoms. The summed E-state index contributed by atoms with van der Waals surface area (Å²) in [4.78, 5) is 7.55. The molecule has 8 heteroatoms. The van der Waals surface area contributed by atoms with Crippen LogP contribution in [-0.2, 0) is 10.0 Å². The first kappa shape index (κ1) is 15.2. The highest BCUT2D eigenvalue weighted by atomic mass is 32.2. The molecular weight excluding hydrogens is 381 g/mol. The summed E-state index contributed by atoms with van der Waals surface area (Å²) >= 11 is 0. The van der Waals surface area contributed by atoms with E-state index in [4.69, 9.17) is 8.85 Å². The van der Waals surface area contributed by atoms with Gasteiger partial charge in [-0.1, -0.05) is 6.08 Å². The van der Waals surface area contributed by atoms with Crippen LogP contribution in [0, 0.1) is 5.82 Å². The van der Waals surface area contributed by atoms with E-state index in [-0.39, 0.29) is 12.3 Å². The molecule has 0 fully saturated rings. The van der Waals surface area contributed by atoms with Gasteiger partial charge in [0.1, 0.15) is 17.2 Å². The maximum atomic E-state index is 14.0. The van der Waals surface area contributed by atoms with Gasteiger partial charge in [0.2, 0.25) is 10.0 Å². The van der Waals surface area contributed by atoms with Crippen molar-refractivity contribution in [1.29, 1.82) is 0 Å². The molecule has 1 N–H and O–H groups in total. The van der Waals surface area contributed by atoms with Crippen molar-refractivity contribution < 1.29 is 21.7 Å². The van der Waals surface area contributed by atoms with Crippen molar-refractivity contribution in [2.45, 2.75) is 6.42 Å². The van der Waals surface area contributed by atoms with Crippen LogP contribution in [0.3, 0.4) is 0 Å². The van der Waals surface area contributed by atoms with Crippen LogP contribution in [0.2, 0.25) is 0 Å². The second kappa shape index (κ2) is 7.03. The molecule has 0 amide bonds. The summed E-state index contributed by atoms with van der Waals surface area (Å²) < 4.78 is 66.1. The van der Waals surface area contributed by atoms with Gasteiger partial charge in [-0.2, -0.15) is 4.31 Å². The van der Waals surface area contributed by atoms with Gasteiger partial charge in [-0.15, -0.1) is 0 Å². The Morgan fingerprint density at radius 3 is 2.86 bits per heavy atom. The van der Waals surface area contributed by atoms with E-state index in [0.29, 0.717) is 35.1 Å². The Morgan fingerprint density at radius 2 is 2.14 bits per heavy atom. The predicted molar refractivity (Wildman–Crippen MR) is 107 cm³/mol. The molecule has 6 nitrogen and oxygen atoms in total. The fourth-order valence-electron chi connectivity index (χ4n) is 3.43. The average Bonchev–Trinajstić information content (AvgIpc) is 3.12. The number of benzene rings is 1. The van der Waals surface area contributed by atoms with Crippen molar-refractivity contribution in [1.82, 2.24) is 14.3 Å². The third kappa shape index (κ3) is 3.41. The number of hydrogen-bond acceptors (Lipinski definition) is 4. The Morgan fingerprint density at radius 1 is 1.29 bits per heavy atom. The van der Waals surface area contributed by atoms with Crippen molar-refractivity contribution in [3.05, 3.63) is 54.1 Å². The molecule has 3 aromatic rings. The molecule has 3 heterocycles. The number of sulfonamides is 1. The maximum absolute atomic E-state index is 14.0. The molecule has 0 bridgehead atoms. The number of methoxy groups -OCH3 is 1. The van der Waals surface area contributed by atoms with E-state index < -0.39 is 22.9 Å². The standard InChI is InChI=1S/C20H20FN3O3S/c1-27-19-4-3-14(21)11-16(19)15-5-8-22-20-17(15)12-18(23-20)13-6-9-24(10-7-13)28(2,25)26/h3-6,8,11-12H,7,9-10H2,1-2H3,(H,22,23)/i1D3. The van der Waals surface area contributed by atoms with Crippen molar-refractivity contribution in [2.24, 2.45) is 0 Å². The third-order valence-electron chi connectivity index (χ3n) is 4.86. The summed E-state index contributed by atoms with van der Waals surface area (Å²) in [5.74, 6) is -0.484. The predicted octanol–water partition coefficient (Wildman–Crippen LogP) is 3.43. The van der Waals surface area contributed by atoms with Gasteiger partial charge in [-0.05, 0) is 47.9 Å². The number of aromatic amines is 1. The highest BCUT2D eigenvalue weighted by molar-refractivity contribution is 7.88. The molecule has 0 saturated heterocycles. The minimum Gasteiger partial charge on any atom is -0.496 e. The SMILES string of the molecule is [2H]C([2H])([2H])Oc1ccc(F)cc1-c1ccnc2[nH]c(C3=CCN(S(C)(=O)=O)CC3)cc12. The summed E-state index contributed by atoms with van der Waals surface area (Å²) in [5.41, 5.74) is 3.14. The summed E-state index contributed by atoms with van der Waals surface area (Å²) in [6.45, 7) is 0.658. The Labute approximate surface area is 166 Å². The van der Waals surface area contributed by atoms with Gasteiger partial charge in [0.05, 0.1) is 17.4 Å². The topological polar surface area (TPSA) is 75.3 Å². The molecule has 146 valence electrons. The van der Waals surface area contributed by atoms with E-state index in [1.807, 2.05) is 12.1 Å². The molecule has 0 radical (unpaired) electrons. The van der Waals surface area contributed by atoms with Crippen molar-refractivity contribution >= 4 is 26.6 Å². The Kier molecular flexibility index (Phi) is 3.83. The molecule has 2 aromatic heterocycles. The van der Waals surface area contributed by atoms with E-state index in [9.17, 15) is 12.8 Å². The number of ether oxygens (including phenoxy) is 1. The number of aromatic nitrogens is 2. The molecule has 1 aromatic carbocycles. The number of rotatable bonds is 4. The van der Waals surface area contributed by atoms with Gasteiger partial charge in [0, 0.05) is 35.9 Å². The van der Waals surface area contributed by atoms with Gasteiger partial charge in [0.25, 0.3) is 0 Å². The van der Waals surface area contributed by atoms with Crippen molar-refractivity contribution in [2.75, 3.05) is 26.4 Å². The number of pyridine rings is 1. The number of H-pyrrole nitrogens is 1. The highest BCUT2D eigenvalue weighted by Crippen LogP contribution is 2.36. The lowest BCUT2D eigenvalue weighted by atomic mass is 10.0. The fraction of sp³-hybridized carbons (Fsp3) is 0.250. The molecule has 1 aliphatic rings. The second-order valence-corrected chi connectivity index (χ2v) is 8.63. The lowest BCUT2D eigenvalue weighted by Crippen LogP contribution is -2.33. The van der Waals surface area contributed by atoms with Crippen molar-refractivity contribution in [3.63, 3.8) is 0 Å². The Bertz CT molecular complexity index is 1290. The van der Waals surface area contributed by atoms with Crippen LogP contribution in [-0.4, -0.2) is 49.1 Å². The van der Waals surface area contributed by atoms with Gasteiger partial charge >= 0.3 is 0 Å². The molecule has 0 unspecified atom stereocenters. The van der Waals surface area contributed by atoms with E-state index in [2.05, 4.69) is 9.97 Å². The zero-order valence-corrected chi connectivity index (χ0v) is 15.9. The van der Waals surface area contributed by atoms with Gasteiger partial charge in [-0.3, -0.25) is 0 Å². The van der Waals surface area contributed by atoms with E-state index in [1.165, 1.54) is 22.7 Å². The van der Waals surface area contributed by atoms with Gasteiger partial charge in [-0.25, -0.2) is 17.8 Å². The number of nitrogens with one attached hydrogen (secondary N) is 1. The average molecular weight is 404 g/mol. The fourth-order valence-corrected chi connectivity index (χ4v) is 4.20. The summed E-state index contributed by atoms with van der Waals surface area (Å²) in [7, 11) is -5.93. The minimum absolute atomic E-state index is 0.0392. The van der Waals surface area contributed by atoms with Crippen LogP contribution in [0.15, 0.2) is 42.6 Å². The van der Waals surface area contributed by atoms with Crippen molar-refractivity contribution in [3.8, 4) is 16.9 Å². The zero-order valence-electron chi connectivity index (χ0n) is 18.1. The van der Waals surface area contributed by atoms with Crippen LogP contribution in [0.1, 0.15) is 16.2 Å². The van der Waals surface area contributed by atoms with Crippen LogP contribution >= 0.6 is 0 Å². The maximum Gasteiger partial charge on any atom is 0.211 e. The van der Waals surface area contributed by atoms with Crippen LogP contribution in [0.4, 0.5) is 4.39 Å². The number of hydrogen-bond donors (Lipinski definition) is 1. The highest BCUT2D eigenvalue weighted by Gasteiger charge is 2.21. The number of halogens is 1. The molecular formula is C20H20FN3O3S. The number of nitrogens with zero attached hydrogens (tertiary/aromatic N) is 2. The van der Waals surface area contributed by atoms with E-state index in [0.717, 1.165) is 17.3 Å². The second-order valence-electron chi connectivity index (χ2n) is 6.65. The molecule has 0 aliphatic carbocycles. The largest absolute Gasteiger partial charge is 0.496 e. The Hall–Kier alpha value is -2.71. The van der Waals surface area contributed by atoms with Gasteiger partial charge < -0.3 is 9.72 Å². The van der Waals surface area contributed by atoms with Crippen LogP contribution in [0.5, 0.6) is 5.75 Å². The summed E-state index contributed by atoms with van der Waals surface area (Å²) in [6, 6.07) is 7.18. The lowest BCUT2D eigenvalue weighted by molar-refractivity contribution is 0.415. The Balaban J connectivity index is 1.77. The zero-order chi connectivity index (χ0) is 22.4. The van der Waals surface area contributed by atoms with E-state index >= 15 is 0 Å². The number of fused-ring (bicyclic) bond motifs is 1. The van der Waals surface area contributed by atoms with Gasteiger partial charge in [0.15, 0.2) is 0 Å².